The Bertz CT molecular complexity index is 1080. The van der Waals surface area contributed by atoms with Crippen molar-refractivity contribution in [3.05, 3.63) is 34.9 Å². The van der Waals surface area contributed by atoms with Crippen LogP contribution in [0.4, 0.5) is 0 Å². The lowest BCUT2D eigenvalue weighted by molar-refractivity contribution is -0.169. The summed E-state index contributed by atoms with van der Waals surface area (Å²) >= 11 is 1.98. The molecule has 2 saturated carbocycles. The van der Waals surface area contributed by atoms with Gasteiger partial charge in [-0.1, -0.05) is 78.1 Å². The van der Waals surface area contributed by atoms with E-state index in [1.165, 1.54) is 81.1 Å². The smallest absolute Gasteiger partial charge is 0.123 e. The molecule has 5 fully saturated rings. The van der Waals surface area contributed by atoms with Crippen molar-refractivity contribution in [1.82, 2.24) is 20.3 Å². The van der Waals surface area contributed by atoms with E-state index < -0.39 is 0 Å². The number of aryl methyl sites for hydroxylation is 2. The lowest BCUT2D eigenvalue weighted by atomic mass is 9.61. The van der Waals surface area contributed by atoms with E-state index in [9.17, 15) is 0 Å². The molecule has 6 bridgehead atoms. The SMILES string of the molecule is Cc1cccc(C)c1C1CC2NC(NSC3CCCC(C3)CN3CC4CC(C(C)(C)C)CCC4[C@@H](O2)[C@H]3CC(C)(C)C)N1. The van der Waals surface area contributed by atoms with Crippen LogP contribution in [-0.4, -0.2) is 47.9 Å². The third-order valence-corrected chi connectivity index (χ3v) is 12.9. The molecule has 43 heavy (non-hydrogen) atoms. The molecule has 3 N–H and O–H groups in total. The topological polar surface area (TPSA) is 48.6 Å². The molecule has 0 amide bonds. The highest BCUT2D eigenvalue weighted by Crippen LogP contribution is 2.50. The van der Waals surface area contributed by atoms with E-state index >= 15 is 0 Å². The van der Waals surface area contributed by atoms with E-state index in [1.807, 2.05) is 11.9 Å². The fourth-order valence-corrected chi connectivity index (χ4v) is 10.8. The number of ether oxygens (including phenoxy) is 1. The molecule has 3 aliphatic heterocycles. The Balaban J connectivity index is 1.37. The number of fused-ring (bicyclic) bond motifs is 8. The number of hydrogen-bond donors (Lipinski definition) is 3. The van der Waals surface area contributed by atoms with E-state index in [1.54, 1.807) is 0 Å². The molecule has 242 valence electrons. The summed E-state index contributed by atoms with van der Waals surface area (Å²) in [5, 5.41) is 8.59. The van der Waals surface area contributed by atoms with E-state index in [-0.39, 0.29) is 30.1 Å². The van der Waals surface area contributed by atoms with Crippen molar-refractivity contribution in [3.63, 3.8) is 0 Å². The molecule has 2 aliphatic carbocycles. The summed E-state index contributed by atoms with van der Waals surface area (Å²) in [6.07, 6.45) is 11.9. The zero-order valence-corrected chi connectivity index (χ0v) is 29.4. The van der Waals surface area contributed by atoms with E-state index in [2.05, 4.69) is 93.8 Å². The van der Waals surface area contributed by atoms with Crippen LogP contribution in [0.1, 0.15) is 122 Å². The predicted molar refractivity (Wildman–Crippen MR) is 182 cm³/mol. The highest BCUT2D eigenvalue weighted by molar-refractivity contribution is 7.98. The number of hydrogen-bond acceptors (Lipinski definition) is 6. The van der Waals surface area contributed by atoms with Gasteiger partial charge >= 0.3 is 0 Å². The largest absolute Gasteiger partial charge is 0.358 e. The second-order valence-electron chi connectivity index (χ2n) is 17.4. The van der Waals surface area contributed by atoms with E-state index in [0.29, 0.717) is 22.6 Å². The Labute approximate surface area is 267 Å². The summed E-state index contributed by atoms with van der Waals surface area (Å²) in [6.45, 7) is 21.9. The number of piperidine rings is 1. The fourth-order valence-electron chi connectivity index (χ4n) is 9.65. The van der Waals surface area contributed by atoms with Crippen LogP contribution < -0.4 is 15.4 Å². The summed E-state index contributed by atoms with van der Waals surface area (Å²) in [7, 11) is 0. The third kappa shape index (κ3) is 7.52. The average molecular weight is 611 g/mol. The first kappa shape index (κ1) is 32.3. The van der Waals surface area contributed by atoms with Gasteiger partial charge in [-0.2, -0.15) is 0 Å². The molecule has 9 unspecified atom stereocenters. The molecule has 1 aromatic rings. The molecule has 5 aliphatic rings. The van der Waals surface area contributed by atoms with E-state index in [0.717, 1.165) is 24.2 Å². The number of rotatable bonds is 2. The van der Waals surface area contributed by atoms with Crippen LogP contribution in [0.5, 0.6) is 0 Å². The summed E-state index contributed by atoms with van der Waals surface area (Å²) in [5.41, 5.74) is 4.87. The molecule has 1 aromatic carbocycles. The fraction of sp³-hybridized carbons (Fsp3) is 0.838. The van der Waals surface area contributed by atoms with Crippen molar-refractivity contribution < 1.29 is 4.74 Å². The van der Waals surface area contributed by atoms with Gasteiger partial charge in [-0.05, 0) is 110 Å². The molecule has 3 heterocycles. The Kier molecular flexibility index (Phi) is 9.67. The minimum absolute atomic E-state index is 0.0249. The Morgan fingerprint density at radius 2 is 1.67 bits per heavy atom. The molecule has 5 nitrogen and oxygen atoms in total. The van der Waals surface area contributed by atoms with Crippen molar-refractivity contribution in [2.24, 2.45) is 34.5 Å². The van der Waals surface area contributed by atoms with Crippen LogP contribution in [0.2, 0.25) is 0 Å². The minimum atomic E-state index is 0.0249. The molecule has 3 saturated heterocycles. The third-order valence-electron chi connectivity index (χ3n) is 11.8. The number of nitrogens with zero attached hydrogens (tertiary/aromatic N) is 1. The van der Waals surface area contributed by atoms with Gasteiger partial charge in [0.25, 0.3) is 0 Å². The van der Waals surface area contributed by atoms with Gasteiger partial charge in [-0.15, -0.1) is 0 Å². The summed E-state index contributed by atoms with van der Waals surface area (Å²) < 4.78 is 11.4. The normalized spacial score (nSPS) is 40.9. The first-order chi connectivity index (χ1) is 20.3. The quantitative estimate of drug-likeness (QED) is 0.296. The zero-order chi connectivity index (χ0) is 30.5. The van der Waals surface area contributed by atoms with Gasteiger partial charge in [0.2, 0.25) is 0 Å². The summed E-state index contributed by atoms with van der Waals surface area (Å²) in [6, 6.07) is 7.51. The zero-order valence-electron chi connectivity index (χ0n) is 28.5. The van der Waals surface area contributed by atoms with Gasteiger partial charge in [0.1, 0.15) is 12.5 Å². The van der Waals surface area contributed by atoms with Gasteiger partial charge in [0.05, 0.1) is 6.10 Å². The molecular formula is C37H62N4OS. The summed E-state index contributed by atoms with van der Waals surface area (Å²) in [4.78, 5) is 2.98. The van der Waals surface area contributed by atoms with Crippen LogP contribution in [-0.2, 0) is 4.74 Å². The molecule has 0 aromatic heterocycles. The number of benzene rings is 1. The maximum Gasteiger partial charge on any atom is 0.123 e. The maximum absolute atomic E-state index is 7.56. The highest BCUT2D eigenvalue weighted by Gasteiger charge is 2.50. The average Bonchev–Trinajstić information content (AvgIpc) is 2.92. The van der Waals surface area contributed by atoms with Crippen LogP contribution in [0.3, 0.4) is 0 Å². The van der Waals surface area contributed by atoms with Crippen molar-refractivity contribution in [2.75, 3.05) is 13.1 Å². The van der Waals surface area contributed by atoms with Gasteiger partial charge in [-0.3, -0.25) is 15.5 Å². The Hall–Kier alpha value is -0.630. The van der Waals surface area contributed by atoms with Crippen molar-refractivity contribution >= 4 is 11.9 Å². The van der Waals surface area contributed by atoms with Gasteiger partial charge in [0.15, 0.2) is 0 Å². The van der Waals surface area contributed by atoms with Crippen LogP contribution in [0, 0.1) is 48.3 Å². The second-order valence-corrected chi connectivity index (χ2v) is 18.6. The molecular weight excluding hydrogens is 549 g/mol. The molecule has 0 radical (unpaired) electrons. The Morgan fingerprint density at radius 3 is 2.40 bits per heavy atom. The molecule has 11 atom stereocenters. The van der Waals surface area contributed by atoms with Crippen LogP contribution >= 0.6 is 11.9 Å². The first-order valence-electron chi connectivity index (χ1n) is 17.7. The second kappa shape index (κ2) is 12.9. The standard InChI is InChI=1S/C37H62N4OS/c1-23-11-9-12-24(2)33(23)30-19-32-39-35(38-30)40-43-28-14-10-13-25(17-28)21-41-22-26-18-27(37(6,7)8)15-16-29(26)34(42-32)31(41)20-36(3,4)5/h9,11-12,25-32,34-35,38-40H,10,13-22H2,1-8H3/t25?,26?,27?,28?,29?,30?,31-,32?,34-,35?/m1/s1. The summed E-state index contributed by atoms with van der Waals surface area (Å²) in [5.74, 6) is 3.00. The maximum atomic E-state index is 7.56. The van der Waals surface area contributed by atoms with Crippen LogP contribution in [0.25, 0.3) is 0 Å². The lowest BCUT2D eigenvalue weighted by Crippen LogP contribution is -2.65. The molecule has 6 heteroatoms. The predicted octanol–water partition coefficient (Wildman–Crippen LogP) is 7.93. The minimum Gasteiger partial charge on any atom is -0.358 e. The lowest BCUT2D eigenvalue weighted by Gasteiger charge is -2.56. The monoisotopic (exact) mass is 610 g/mol. The molecule has 6 rings (SSSR count). The van der Waals surface area contributed by atoms with Crippen molar-refractivity contribution in [1.29, 1.82) is 0 Å². The highest BCUT2D eigenvalue weighted by atomic mass is 32.2. The Morgan fingerprint density at radius 1 is 0.907 bits per heavy atom. The van der Waals surface area contributed by atoms with Crippen LogP contribution in [0.15, 0.2) is 18.2 Å². The van der Waals surface area contributed by atoms with Gasteiger partial charge in [0, 0.05) is 36.8 Å². The van der Waals surface area contributed by atoms with Crippen molar-refractivity contribution in [2.45, 2.75) is 149 Å². The van der Waals surface area contributed by atoms with Crippen molar-refractivity contribution in [3.8, 4) is 0 Å². The van der Waals surface area contributed by atoms with E-state index in [4.69, 9.17) is 4.74 Å². The first-order valence-corrected chi connectivity index (χ1v) is 18.6. The molecule has 0 spiro atoms. The number of nitrogens with one attached hydrogen (secondary N) is 3. The van der Waals surface area contributed by atoms with Gasteiger partial charge in [-0.25, -0.2) is 4.72 Å². The van der Waals surface area contributed by atoms with Gasteiger partial charge < -0.3 is 4.74 Å².